The zero-order chi connectivity index (χ0) is 21.5. The van der Waals surface area contributed by atoms with Crippen LogP contribution in [0.5, 0.6) is 0 Å². The minimum absolute atomic E-state index is 0.0940. The second-order valence-electron chi connectivity index (χ2n) is 6.76. The standard InChI is InChI=1S/C20H21Cl2N3O4S/c21-16-3-1-13(7-17(16)22)10-25-5-6-29-15(11-25)9-23-18(26)12-30-19-4-2-14(8-24-19)20(27)28/h1-4,7-8,15H,5-6,9-12H2,(H,23,26)(H,27,28). The fraction of sp³-hybridized carbons (Fsp3) is 0.350. The molecular weight excluding hydrogens is 449 g/mol. The van der Waals surface area contributed by atoms with Gasteiger partial charge < -0.3 is 15.2 Å². The molecule has 0 aliphatic carbocycles. The van der Waals surface area contributed by atoms with Gasteiger partial charge in [-0.2, -0.15) is 0 Å². The topological polar surface area (TPSA) is 91.8 Å². The van der Waals surface area contributed by atoms with E-state index < -0.39 is 5.97 Å². The fourth-order valence-electron chi connectivity index (χ4n) is 2.95. The Balaban J connectivity index is 1.40. The van der Waals surface area contributed by atoms with Crippen LogP contribution in [0.4, 0.5) is 0 Å². The summed E-state index contributed by atoms with van der Waals surface area (Å²) < 4.78 is 5.76. The van der Waals surface area contributed by atoms with Crippen molar-refractivity contribution in [3.8, 4) is 0 Å². The maximum atomic E-state index is 12.1. The minimum atomic E-state index is -1.03. The van der Waals surface area contributed by atoms with Gasteiger partial charge in [0.15, 0.2) is 0 Å². The molecule has 1 aromatic heterocycles. The molecule has 1 fully saturated rings. The molecule has 2 aromatic rings. The second kappa shape index (κ2) is 11.0. The highest BCUT2D eigenvalue weighted by molar-refractivity contribution is 7.99. The molecule has 1 aliphatic heterocycles. The highest BCUT2D eigenvalue weighted by Gasteiger charge is 2.21. The molecule has 1 saturated heterocycles. The Bertz CT molecular complexity index is 898. The Morgan fingerprint density at radius 2 is 2.10 bits per heavy atom. The Morgan fingerprint density at radius 3 is 2.80 bits per heavy atom. The number of benzene rings is 1. The predicted octanol–water partition coefficient (Wildman–Crippen LogP) is 3.20. The average molecular weight is 470 g/mol. The lowest BCUT2D eigenvalue weighted by atomic mass is 10.2. The van der Waals surface area contributed by atoms with Crippen molar-refractivity contribution in [1.29, 1.82) is 0 Å². The summed E-state index contributed by atoms with van der Waals surface area (Å²) in [4.78, 5) is 29.2. The van der Waals surface area contributed by atoms with E-state index in [-0.39, 0.29) is 23.3 Å². The number of carbonyl (C=O) groups excluding carboxylic acids is 1. The number of hydrogen-bond donors (Lipinski definition) is 2. The Hall–Kier alpha value is -1.84. The molecule has 1 aliphatic rings. The first-order valence-electron chi connectivity index (χ1n) is 9.27. The number of nitrogens with one attached hydrogen (secondary N) is 1. The molecule has 30 heavy (non-hydrogen) atoms. The highest BCUT2D eigenvalue weighted by Crippen LogP contribution is 2.23. The molecule has 7 nitrogen and oxygen atoms in total. The monoisotopic (exact) mass is 469 g/mol. The van der Waals surface area contributed by atoms with E-state index in [4.69, 9.17) is 33.0 Å². The molecule has 1 unspecified atom stereocenters. The third kappa shape index (κ3) is 6.85. The Kier molecular flexibility index (Phi) is 8.35. The lowest BCUT2D eigenvalue weighted by molar-refractivity contribution is -0.119. The number of thioether (sulfide) groups is 1. The van der Waals surface area contributed by atoms with Crippen molar-refractivity contribution in [3.63, 3.8) is 0 Å². The van der Waals surface area contributed by atoms with Gasteiger partial charge in [-0.25, -0.2) is 9.78 Å². The minimum Gasteiger partial charge on any atom is -0.478 e. The average Bonchev–Trinajstić information content (AvgIpc) is 2.74. The summed E-state index contributed by atoms with van der Waals surface area (Å²) in [6, 6.07) is 8.67. The van der Waals surface area contributed by atoms with E-state index >= 15 is 0 Å². The molecule has 0 bridgehead atoms. The maximum absolute atomic E-state index is 12.1. The number of rotatable bonds is 8. The number of aromatic nitrogens is 1. The van der Waals surface area contributed by atoms with Crippen LogP contribution < -0.4 is 5.32 Å². The summed E-state index contributed by atoms with van der Waals surface area (Å²) in [6.07, 6.45) is 1.18. The first-order chi connectivity index (χ1) is 14.4. The number of hydrogen-bond acceptors (Lipinski definition) is 6. The van der Waals surface area contributed by atoms with E-state index in [0.29, 0.717) is 34.8 Å². The van der Waals surface area contributed by atoms with Crippen LogP contribution in [-0.4, -0.2) is 65.0 Å². The van der Waals surface area contributed by atoms with Gasteiger partial charge in [0, 0.05) is 32.4 Å². The molecule has 10 heteroatoms. The van der Waals surface area contributed by atoms with Gasteiger partial charge in [-0.3, -0.25) is 9.69 Å². The van der Waals surface area contributed by atoms with Crippen LogP contribution in [0.2, 0.25) is 10.0 Å². The second-order valence-corrected chi connectivity index (χ2v) is 8.57. The molecule has 0 saturated carbocycles. The van der Waals surface area contributed by atoms with Gasteiger partial charge in [0.25, 0.3) is 0 Å². The van der Waals surface area contributed by atoms with E-state index in [1.807, 2.05) is 12.1 Å². The summed E-state index contributed by atoms with van der Waals surface area (Å²) in [5.41, 5.74) is 1.19. The zero-order valence-electron chi connectivity index (χ0n) is 16.0. The third-order valence-corrected chi connectivity index (χ3v) is 6.16. The number of amides is 1. The van der Waals surface area contributed by atoms with Gasteiger partial charge in [0.1, 0.15) is 0 Å². The number of morpholine rings is 1. The van der Waals surface area contributed by atoms with Crippen LogP contribution in [0.15, 0.2) is 41.6 Å². The normalized spacial score (nSPS) is 16.9. The number of ether oxygens (including phenoxy) is 1. The van der Waals surface area contributed by atoms with E-state index in [1.165, 1.54) is 24.0 Å². The molecule has 0 radical (unpaired) electrons. The summed E-state index contributed by atoms with van der Waals surface area (Å²) in [7, 11) is 0. The smallest absolute Gasteiger partial charge is 0.337 e. The van der Waals surface area contributed by atoms with Gasteiger partial charge >= 0.3 is 5.97 Å². The van der Waals surface area contributed by atoms with Crippen LogP contribution in [0.1, 0.15) is 15.9 Å². The van der Waals surface area contributed by atoms with Gasteiger partial charge in [-0.1, -0.05) is 41.0 Å². The van der Waals surface area contributed by atoms with Gasteiger partial charge in [-0.15, -0.1) is 0 Å². The number of carbonyl (C=O) groups is 2. The Labute approximate surface area is 188 Å². The number of carboxylic acids is 1. The number of aromatic carboxylic acids is 1. The lowest BCUT2D eigenvalue weighted by Gasteiger charge is -2.33. The quantitative estimate of drug-likeness (QED) is 0.573. The molecule has 160 valence electrons. The van der Waals surface area contributed by atoms with Crippen LogP contribution in [0.3, 0.4) is 0 Å². The van der Waals surface area contributed by atoms with Gasteiger partial charge in [0.2, 0.25) is 5.91 Å². The van der Waals surface area contributed by atoms with Crippen LogP contribution in [-0.2, 0) is 16.1 Å². The van der Waals surface area contributed by atoms with Crippen molar-refractivity contribution in [2.24, 2.45) is 0 Å². The van der Waals surface area contributed by atoms with Crippen LogP contribution in [0, 0.1) is 0 Å². The fourth-order valence-corrected chi connectivity index (χ4v) is 3.95. The predicted molar refractivity (Wildman–Crippen MR) is 116 cm³/mol. The van der Waals surface area contributed by atoms with Crippen molar-refractivity contribution < 1.29 is 19.4 Å². The van der Waals surface area contributed by atoms with Gasteiger partial charge in [0.05, 0.1) is 39.1 Å². The molecule has 1 amide bonds. The van der Waals surface area contributed by atoms with E-state index in [0.717, 1.165) is 18.7 Å². The van der Waals surface area contributed by atoms with E-state index in [1.54, 1.807) is 12.1 Å². The summed E-state index contributed by atoms with van der Waals surface area (Å²) >= 11 is 13.3. The molecule has 3 rings (SSSR count). The SMILES string of the molecule is O=C(CSc1ccc(C(=O)O)cn1)NCC1CN(Cc2ccc(Cl)c(Cl)c2)CCO1. The third-order valence-electron chi connectivity index (χ3n) is 4.47. The lowest BCUT2D eigenvalue weighted by Crippen LogP contribution is -2.47. The summed E-state index contributed by atoms with van der Waals surface area (Å²) in [5.74, 6) is -0.967. The van der Waals surface area contributed by atoms with Crippen molar-refractivity contribution >= 4 is 46.8 Å². The summed E-state index contributed by atoms with van der Waals surface area (Å²) in [5, 5.41) is 13.4. The molecule has 2 heterocycles. The summed E-state index contributed by atoms with van der Waals surface area (Å²) in [6.45, 7) is 3.25. The van der Waals surface area contributed by atoms with Crippen molar-refractivity contribution in [2.45, 2.75) is 17.7 Å². The van der Waals surface area contributed by atoms with Crippen molar-refractivity contribution in [3.05, 3.63) is 57.7 Å². The Morgan fingerprint density at radius 1 is 1.27 bits per heavy atom. The number of carboxylic acid groups (broad SMARTS) is 1. The highest BCUT2D eigenvalue weighted by atomic mass is 35.5. The van der Waals surface area contributed by atoms with Crippen molar-refractivity contribution in [1.82, 2.24) is 15.2 Å². The van der Waals surface area contributed by atoms with E-state index in [9.17, 15) is 9.59 Å². The number of nitrogens with zero attached hydrogens (tertiary/aromatic N) is 2. The maximum Gasteiger partial charge on any atom is 0.337 e. The first kappa shape index (κ1) is 22.8. The molecule has 0 spiro atoms. The first-order valence-corrected chi connectivity index (χ1v) is 11.0. The largest absolute Gasteiger partial charge is 0.478 e. The molecule has 1 atom stereocenters. The molecular formula is C20H21Cl2N3O4S. The number of halogens is 2. The number of pyridine rings is 1. The van der Waals surface area contributed by atoms with Gasteiger partial charge in [-0.05, 0) is 29.8 Å². The van der Waals surface area contributed by atoms with Crippen molar-refractivity contribution in [2.75, 3.05) is 32.0 Å². The van der Waals surface area contributed by atoms with E-state index in [2.05, 4.69) is 15.2 Å². The van der Waals surface area contributed by atoms with Crippen LogP contribution in [0.25, 0.3) is 0 Å². The molecule has 2 N–H and O–H groups in total. The molecule has 1 aromatic carbocycles. The van der Waals surface area contributed by atoms with Crippen LogP contribution >= 0.6 is 35.0 Å². The zero-order valence-corrected chi connectivity index (χ0v) is 18.3.